The number of carbonyl (C=O) groups excluding carboxylic acids is 1. The zero-order valence-corrected chi connectivity index (χ0v) is 6.40. The largest absolute Gasteiger partial charge is 0.490 e. The van der Waals surface area contributed by atoms with Crippen molar-refractivity contribution in [2.45, 2.75) is 12.5 Å². The first kappa shape index (κ1) is 7.16. The van der Waals surface area contributed by atoms with Crippen LogP contribution in [0.1, 0.15) is 28.8 Å². The van der Waals surface area contributed by atoms with E-state index >= 15 is 0 Å². The first-order valence-electron chi connectivity index (χ1n) is 3.75. The zero-order valence-electron chi connectivity index (χ0n) is 6.40. The summed E-state index contributed by atoms with van der Waals surface area (Å²) in [6, 6.07) is 3.41. The average Bonchev–Trinajstić information content (AvgIpc) is 2.75. The molecule has 1 aromatic rings. The van der Waals surface area contributed by atoms with Crippen LogP contribution in [0.5, 0.6) is 0 Å². The highest BCUT2D eigenvalue weighted by Crippen LogP contribution is 2.27. The normalized spacial score (nSPS) is 20.8. The Labute approximate surface area is 69.6 Å². The van der Waals surface area contributed by atoms with Crippen LogP contribution in [-0.4, -0.2) is 6.29 Å². The molecule has 1 unspecified atom stereocenters. The van der Waals surface area contributed by atoms with Crippen molar-refractivity contribution in [3.8, 4) is 0 Å². The lowest BCUT2D eigenvalue weighted by atomic mass is 10.2. The molecule has 2 rings (SSSR count). The van der Waals surface area contributed by atoms with Gasteiger partial charge in [-0.1, -0.05) is 0 Å². The van der Waals surface area contributed by atoms with E-state index in [0.29, 0.717) is 17.8 Å². The number of rotatable bonds is 2. The van der Waals surface area contributed by atoms with Crippen LogP contribution in [0.4, 0.5) is 0 Å². The molecule has 1 atom stereocenters. The first-order valence-corrected chi connectivity index (χ1v) is 3.75. The fourth-order valence-corrected chi connectivity index (χ4v) is 1.17. The Bertz CT molecular complexity index is 303. The maximum absolute atomic E-state index is 10.3. The van der Waals surface area contributed by atoms with E-state index in [-0.39, 0.29) is 6.10 Å². The van der Waals surface area contributed by atoms with Crippen LogP contribution < -0.4 is 0 Å². The van der Waals surface area contributed by atoms with Crippen LogP contribution in [0.3, 0.4) is 0 Å². The number of furan rings is 1. The van der Waals surface area contributed by atoms with Gasteiger partial charge in [-0.3, -0.25) is 4.79 Å². The molecule has 0 N–H and O–H groups in total. The maximum atomic E-state index is 10.3. The Morgan fingerprint density at radius 1 is 1.50 bits per heavy atom. The Morgan fingerprint density at radius 3 is 3.00 bits per heavy atom. The van der Waals surface area contributed by atoms with E-state index in [1.54, 1.807) is 18.4 Å². The van der Waals surface area contributed by atoms with E-state index in [1.165, 1.54) is 0 Å². The Hall–Kier alpha value is -1.51. The monoisotopic (exact) mass is 164 g/mol. The van der Waals surface area contributed by atoms with Crippen LogP contribution in [0.2, 0.25) is 0 Å². The zero-order chi connectivity index (χ0) is 8.39. The van der Waals surface area contributed by atoms with Gasteiger partial charge in [0.1, 0.15) is 5.76 Å². The number of aldehydes is 1. The van der Waals surface area contributed by atoms with Crippen LogP contribution in [0.15, 0.2) is 28.9 Å². The smallest absolute Gasteiger partial charge is 0.185 e. The third-order valence-electron chi connectivity index (χ3n) is 1.77. The molecule has 62 valence electrons. The van der Waals surface area contributed by atoms with Gasteiger partial charge in [-0.05, 0) is 18.2 Å². The fourth-order valence-electron chi connectivity index (χ4n) is 1.17. The standard InChI is InChI=1S/C9H8O3/c10-6-7-3-4-9(12-7)8-2-1-5-11-8/h1,3-6,8H,2H2. The summed E-state index contributed by atoms with van der Waals surface area (Å²) >= 11 is 0. The van der Waals surface area contributed by atoms with Gasteiger partial charge in [-0.2, -0.15) is 0 Å². The topological polar surface area (TPSA) is 39.4 Å². The summed E-state index contributed by atoms with van der Waals surface area (Å²) in [5, 5.41) is 0. The molecule has 2 heterocycles. The van der Waals surface area contributed by atoms with E-state index in [0.717, 1.165) is 6.42 Å². The van der Waals surface area contributed by atoms with Crippen molar-refractivity contribution in [2.24, 2.45) is 0 Å². The molecule has 1 aliphatic heterocycles. The molecule has 0 amide bonds. The summed E-state index contributed by atoms with van der Waals surface area (Å²) in [7, 11) is 0. The SMILES string of the molecule is O=Cc1ccc(C2CC=CO2)o1. The molecule has 12 heavy (non-hydrogen) atoms. The molecule has 0 aromatic carbocycles. The van der Waals surface area contributed by atoms with Crippen LogP contribution >= 0.6 is 0 Å². The first-order chi connectivity index (χ1) is 5.90. The Balaban J connectivity index is 2.17. The third-order valence-corrected chi connectivity index (χ3v) is 1.77. The Kier molecular flexibility index (Phi) is 1.70. The fraction of sp³-hybridized carbons (Fsp3) is 0.222. The van der Waals surface area contributed by atoms with Gasteiger partial charge in [0, 0.05) is 6.42 Å². The number of ether oxygens (including phenoxy) is 1. The van der Waals surface area contributed by atoms with Crippen molar-refractivity contribution in [3.05, 3.63) is 36.0 Å². The molecule has 0 bridgehead atoms. The van der Waals surface area contributed by atoms with Gasteiger partial charge in [0.2, 0.25) is 0 Å². The molecule has 0 saturated heterocycles. The minimum absolute atomic E-state index is 0.0429. The molecule has 1 aliphatic rings. The maximum Gasteiger partial charge on any atom is 0.185 e. The molecule has 3 nitrogen and oxygen atoms in total. The molecule has 0 spiro atoms. The van der Waals surface area contributed by atoms with E-state index in [4.69, 9.17) is 9.15 Å². The Morgan fingerprint density at radius 2 is 2.42 bits per heavy atom. The van der Waals surface area contributed by atoms with Crippen molar-refractivity contribution in [2.75, 3.05) is 0 Å². The van der Waals surface area contributed by atoms with Crippen LogP contribution in [0.25, 0.3) is 0 Å². The molecular weight excluding hydrogens is 156 g/mol. The lowest BCUT2D eigenvalue weighted by molar-refractivity contribution is 0.108. The van der Waals surface area contributed by atoms with Gasteiger partial charge in [-0.25, -0.2) is 0 Å². The highest BCUT2D eigenvalue weighted by Gasteiger charge is 2.17. The molecule has 3 heteroatoms. The summed E-state index contributed by atoms with van der Waals surface area (Å²) < 4.78 is 10.4. The van der Waals surface area contributed by atoms with Gasteiger partial charge in [0.15, 0.2) is 18.2 Å². The molecular formula is C9H8O3. The van der Waals surface area contributed by atoms with E-state index in [9.17, 15) is 4.79 Å². The van der Waals surface area contributed by atoms with Crippen molar-refractivity contribution in [3.63, 3.8) is 0 Å². The summed E-state index contributed by atoms with van der Waals surface area (Å²) in [6.07, 6.45) is 5.03. The van der Waals surface area contributed by atoms with Gasteiger partial charge in [0.05, 0.1) is 6.26 Å². The van der Waals surface area contributed by atoms with E-state index in [1.807, 2.05) is 6.08 Å². The minimum Gasteiger partial charge on any atom is -0.490 e. The van der Waals surface area contributed by atoms with Gasteiger partial charge < -0.3 is 9.15 Å². The quantitative estimate of drug-likeness (QED) is 0.628. The summed E-state index contributed by atoms with van der Waals surface area (Å²) in [5.74, 6) is 1.06. The highest BCUT2D eigenvalue weighted by atomic mass is 16.5. The van der Waals surface area contributed by atoms with Crippen molar-refractivity contribution >= 4 is 6.29 Å². The summed E-state index contributed by atoms with van der Waals surface area (Å²) in [5.41, 5.74) is 0. The second-order valence-corrected chi connectivity index (χ2v) is 2.59. The van der Waals surface area contributed by atoms with Crippen LogP contribution in [0, 0.1) is 0 Å². The van der Waals surface area contributed by atoms with Crippen molar-refractivity contribution in [1.29, 1.82) is 0 Å². The van der Waals surface area contributed by atoms with E-state index < -0.39 is 0 Å². The predicted molar refractivity (Wildman–Crippen MR) is 41.7 cm³/mol. The second-order valence-electron chi connectivity index (χ2n) is 2.59. The lowest BCUT2D eigenvalue weighted by Gasteiger charge is -2.04. The number of hydrogen-bond donors (Lipinski definition) is 0. The highest BCUT2D eigenvalue weighted by molar-refractivity contribution is 5.70. The molecule has 0 saturated carbocycles. The second kappa shape index (κ2) is 2.85. The molecule has 1 aromatic heterocycles. The number of carbonyl (C=O) groups is 1. The summed E-state index contributed by atoms with van der Waals surface area (Å²) in [6.45, 7) is 0. The van der Waals surface area contributed by atoms with Gasteiger partial charge in [-0.15, -0.1) is 0 Å². The lowest BCUT2D eigenvalue weighted by Crippen LogP contribution is -1.91. The molecule has 0 fully saturated rings. The average molecular weight is 164 g/mol. The minimum atomic E-state index is -0.0429. The predicted octanol–water partition coefficient (Wildman–Crippen LogP) is 2.07. The number of hydrogen-bond acceptors (Lipinski definition) is 3. The molecule has 0 radical (unpaired) electrons. The van der Waals surface area contributed by atoms with Crippen molar-refractivity contribution < 1.29 is 13.9 Å². The third kappa shape index (κ3) is 1.13. The van der Waals surface area contributed by atoms with Crippen molar-refractivity contribution in [1.82, 2.24) is 0 Å². The van der Waals surface area contributed by atoms with Crippen LogP contribution in [-0.2, 0) is 4.74 Å². The molecule has 0 aliphatic carbocycles. The van der Waals surface area contributed by atoms with Gasteiger partial charge >= 0.3 is 0 Å². The summed E-state index contributed by atoms with van der Waals surface area (Å²) in [4.78, 5) is 10.3. The van der Waals surface area contributed by atoms with Gasteiger partial charge in [0.25, 0.3) is 0 Å². The van der Waals surface area contributed by atoms with E-state index in [2.05, 4.69) is 0 Å².